The highest BCUT2D eigenvalue weighted by Gasteiger charge is 2.25. The molecule has 1 saturated heterocycles. The topological polar surface area (TPSA) is 128 Å². The molecule has 1 aliphatic heterocycles. The van der Waals surface area contributed by atoms with Crippen LogP contribution in [0.1, 0.15) is 58.3 Å². The number of methoxy groups -OCH3 is 1. The number of rotatable bonds is 12. The molecule has 0 amide bonds. The average Bonchev–Trinajstić information content (AvgIpc) is 3.12. The fourth-order valence-electron chi connectivity index (χ4n) is 4.13. The van der Waals surface area contributed by atoms with E-state index in [0.29, 0.717) is 24.3 Å². The summed E-state index contributed by atoms with van der Waals surface area (Å²) >= 11 is 0. The molecule has 10 nitrogen and oxygen atoms in total. The molecule has 0 unspecified atom stereocenters. The predicted octanol–water partition coefficient (Wildman–Crippen LogP) is 2.33. The van der Waals surface area contributed by atoms with Crippen molar-refractivity contribution in [1.82, 2.24) is 24.4 Å². The van der Waals surface area contributed by atoms with Crippen molar-refractivity contribution >= 4 is 23.0 Å². The smallest absolute Gasteiger partial charge is 0.327 e. The van der Waals surface area contributed by atoms with E-state index < -0.39 is 0 Å². The maximum atomic E-state index is 12.4. The highest BCUT2D eigenvalue weighted by atomic mass is 16.5. The number of unbranched alkanes of at least 4 members (excludes halogenated alkanes) is 4. The van der Waals surface area contributed by atoms with Crippen molar-refractivity contribution in [3.63, 3.8) is 0 Å². The molecular weight excluding hydrogens is 412 g/mol. The first-order valence-corrected chi connectivity index (χ1v) is 11.7. The number of anilines is 1. The summed E-state index contributed by atoms with van der Waals surface area (Å²) in [4.78, 5) is 37.7. The number of ether oxygens (including phenoxy) is 2. The molecule has 32 heavy (non-hydrogen) atoms. The van der Waals surface area contributed by atoms with Gasteiger partial charge in [0.05, 0.1) is 19.6 Å². The number of nitrogens with two attached hydrogens (primary N) is 1. The van der Waals surface area contributed by atoms with E-state index in [1.807, 2.05) is 0 Å². The van der Waals surface area contributed by atoms with Crippen LogP contribution in [0.15, 0.2) is 4.79 Å². The van der Waals surface area contributed by atoms with Gasteiger partial charge in [-0.2, -0.15) is 9.97 Å². The van der Waals surface area contributed by atoms with E-state index in [1.165, 1.54) is 7.11 Å². The first-order chi connectivity index (χ1) is 15.5. The van der Waals surface area contributed by atoms with Crippen LogP contribution in [-0.4, -0.2) is 63.7 Å². The zero-order valence-electron chi connectivity index (χ0n) is 19.3. The zero-order valence-corrected chi connectivity index (χ0v) is 19.3. The van der Waals surface area contributed by atoms with Gasteiger partial charge in [-0.3, -0.25) is 9.36 Å². The van der Waals surface area contributed by atoms with Crippen LogP contribution < -0.4 is 16.2 Å². The SMILES string of the molecule is CCCCOc1nc(N)c2[nH]c(=O)n(CCCCCCN3CCC(C(=O)OC)CC3)c2n1. The minimum absolute atomic E-state index is 0.0566. The summed E-state index contributed by atoms with van der Waals surface area (Å²) in [7, 11) is 1.46. The molecule has 10 heteroatoms. The number of aromatic amines is 1. The number of hydrogen-bond donors (Lipinski definition) is 2. The number of aromatic nitrogens is 4. The summed E-state index contributed by atoms with van der Waals surface area (Å²) in [5.74, 6) is 0.207. The lowest BCUT2D eigenvalue weighted by Gasteiger charge is -2.30. The van der Waals surface area contributed by atoms with Crippen LogP contribution in [0.3, 0.4) is 0 Å². The van der Waals surface area contributed by atoms with Crippen LogP contribution in [0.2, 0.25) is 0 Å². The third kappa shape index (κ3) is 6.21. The van der Waals surface area contributed by atoms with E-state index in [1.54, 1.807) is 4.57 Å². The number of carbonyl (C=O) groups is 1. The Kier molecular flexibility index (Phi) is 8.90. The van der Waals surface area contributed by atoms with E-state index >= 15 is 0 Å². The molecule has 1 aliphatic rings. The number of imidazole rings is 1. The molecule has 1 fully saturated rings. The van der Waals surface area contributed by atoms with Crippen LogP contribution in [0.4, 0.5) is 5.82 Å². The number of aryl methyl sites for hydroxylation is 1. The van der Waals surface area contributed by atoms with Crippen molar-refractivity contribution in [3.05, 3.63) is 10.5 Å². The van der Waals surface area contributed by atoms with Crippen molar-refractivity contribution in [2.45, 2.75) is 64.8 Å². The lowest BCUT2D eigenvalue weighted by molar-refractivity contribution is -0.147. The molecule has 2 aromatic rings. The van der Waals surface area contributed by atoms with E-state index in [-0.39, 0.29) is 29.4 Å². The maximum Gasteiger partial charge on any atom is 0.327 e. The van der Waals surface area contributed by atoms with Gasteiger partial charge >= 0.3 is 17.7 Å². The van der Waals surface area contributed by atoms with Crippen molar-refractivity contribution in [3.8, 4) is 6.01 Å². The third-order valence-electron chi connectivity index (χ3n) is 6.09. The summed E-state index contributed by atoms with van der Waals surface area (Å²) in [5, 5.41) is 0. The van der Waals surface area contributed by atoms with E-state index in [0.717, 1.165) is 71.0 Å². The molecule has 0 bridgehead atoms. The van der Waals surface area contributed by atoms with Crippen LogP contribution in [0, 0.1) is 5.92 Å². The van der Waals surface area contributed by atoms with Gasteiger partial charge in [-0.05, 0) is 51.7 Å². The molecule has 0 spiro atoms. The Morgan fingerprint density at radius 2 is 1.84 bits per heavy atom. The van der Waals surface area contributed by atoms with Crippen LogP contribution in [0.25, 0.3) is 11.2 Å². The van der Waals surface area contributed by atoms with E-state index in [2.05, 4.69) is 26.8 Å². The molecule has 0 aliphatic carbocycles. The Morgan fingerprint density at radius 3 is 2.53 bits per heavy atom. The summed E-state index contributed by atoms with van der Waals surface area (Å²) in [5.41, 5.74) is 6.74. The summed E-state index contributed by atoms with van der Waals surface area (Å²) in [6.45, 7) is 6.13. The fourth-order valence-corrected chi connectivity index (χ4v) is 4.13. The van der Waals surface area contributed by atoms with Crippen molar-refractivity contribution in [2.75, 3.05) is 39.1 Å². The predicted molar refractivity (Wildman–Crippen MR) is 123 cm³/mol. The molecule has 3 heterocycles. The Morgan fingerprint density at radius 1 is 1.12 bits per heavy atom. The van der Waals surface area contributed by atoms with Gasteiger partial charge in [0.15, 0.2) is 11.5 Å². The second-order valence-corrected chi connectivity index (χ2v) is 8.43. The summed E-state index contributed by atoms with van der Waals surface area (Å²) < 4.78 is 12.0. The van der Waals surface area contributed by atoms with Gasteiger partial charge in [-0.25, -0.2) is 4.79 Å². The average molecular weight is 449 g/mol. The van der Waals surface area contributed by atoms with Crippen molar-refractivity contribution < 1.29 is 14.3 Å². The largest absolute Gasteiger partial charge is 0.469 e. The minimum Gasteiger partial charge on any atom is -0.469 e. The number of likely N-dealkylation sites (tertiary alicyclic amines) is 1. The number of piperidine rings is 1. The monoisotopic (exact) mass is 448 g/mol. The van der Waals surface area contributed by atoms with Crippen LogP contribution in [0.5, 0.6) is 6.01 Å². The van der Waals surface area contributed by atoms with Gasteiger partial charge in [0.1, 0.15) is 5.52 Å². The highest BCUT2D eigenvalue weighted by molar-refractivity contribution is 5.81. The third-order valence-corrected chi connectivity index (χ3v) is 6.09. The standard InChI is InChI=1S/C22H36N6O4/c1-3-4-15-32-21-25-18(23)17-19(26-21)28(22(30)24-17)12-8-6-5-7-11-27-13-9-16(10-14-27)20(29)31-2/h16H,3-15H2,1-2H3,(H,24,30)(H2,23,25,26). The molecule has 0 radical (unpaired) electrons. The van der Waals surface area contributed by atoms with Gasteiger partial charge in [0.25, 0.3) is 0 Å². The number of carbonyl (C=O) groups excluding carboxylic acids is 1. The number of nitrogens with one attached hydrogen (secondary N) is 1. The number of fused-ring (bicyclic) bond motifs is 1. The van der Waals surface area contributed by atoms with Gasteiger partial charge in [0.2, 0.25) is 0 Å². The molecule has 3 rings (SSSR count). The van der Waals surface area contributed by atoms with Gasteiger partial charge < -0.3 is 25.1 Å². The second-order valence-electron chi connectivity index (χ2n) is 8.43. The zero-order chi connectivity index (χ0) is 22.9. The first-order valence-electron chi connectivity index (χ1n) is 11.7. The highest BCUT2D eigenvalue weighted by Crippen LogP contribution is 2.20. The van der Waals surface area contributed by atoms with Crippen LogP contribution in [-0.2, 0) is 16.1 Å². The molecule has 178 valence electrons. The normalized spacial score (nSPS) is 15.3. The Labute approximate surface area is 188 Å². The maximum absolute atomic E-state index is 12.4. The molecular formula is C22H36N6O4. The van der Waals surface area contributed by atoms with E-state index in [4.69, 9.17) is 15.2 Å². The molecule has 2 aromatic heterocycles. The lowest BCUT2D eigenvalue weighted by atomic mass is 9.97. The lowest BCUT2D eigenvalue weighted by Crippen LogP contribution is -2.37. The van der Waals surface area contributed by atoms with Crippen LogP contribution >= 0.6 is 0 Å². The second kappa shape index (κ2) is 11.8. The number of nitrogen functional groups attached to an aromatic ring is 1. The summed E-state index contributed by atoms with van der Waals surface area (Å²) in [6, 6.07) is 0.215. The van der Waals surface area contributed by atoms with Gasteiger partial charge in [-0.1, -0.05) is 26.2 Å². The minimum atomic E-state index is -0.222. The summed E-state index contributed by atoms with van der Waals surface area (Å²) in [6.07, 6.45) is 7.79. The van der Waals surface area contributed by atoms with Gasteiger partial charge in [-0.15, -0.1) is 0 Å². The first kappa shape index (κ1) is 24.0. The van der Waals surface area contributed by atoms with Crippen molar-refractivity contribution in [2.24, 2.45) is 5.92 Å². The molecule has 0 atom stereocenters. The quantitative estimate of drug-likeness (QED) is 0.374. The van der Waals surface area contributed by atoms with E-state index in [9.17, 15) is 9.59 Å². The number of esters is 1. The molecule has 0 aromatic carbocycles. The van der Waals surface area contributed by atoms with Crippen molar-refractivity contribution in [1.29, 1.82) is 0 Å². The number of hydrogen-bond acceptors (Lipinski definition) is 8. The van der Waals surface area contributed by atoms with Gasteiger partial charge in [0, 0.05) is 6.54 Å². The Bertz CT molecular complexity index is 932. The number of nitrogens with zero attached hydrogens (tertiary/aromatic N) is 4. The Balaban J connectivity index is 1.43. The molecule has 0 saturated carbocycles. The Hall–Kier alpha value is -2.62. The fraction of sp³-hybridized carbons (Fsp3) is 0.727. The number of H-pyrrole nitrogens is 1. The molecule has 3 N–H and O–H groups in total.